The third-order valence-corrected chi connectivity index (χ3v) is 3.11. The van der Waals surface area contributed by atoms with Gasteiger partial charge in [0.25, 0.3) is 0 Å². The third-order valence-electron chi connectivity index (χ3n) is 3.11. The topological polar surface area (TPSA) is 62.7 Å². The molecule has 6 heteroatoms. The molecular formula is C17H16FN5. The third kappa shape index (κ3) is 4.23. The predicted octanol–water partition coefficient (Wildman–Crippen LogP) is 3.67. The second-order valence-corrected chi connectivity index (χ2v) is 5.03. The van der Waals surface area contributed by atoms with Crippen molar-refractivity contribution in [2.24, 2.45) is 0 Å². The zero-order valence-corrected chi connectivity index (χ0v) is 12.6. The van der Waals surface area contributed by atoms with E-state index in [0.29, 0.717) is 24.0 Å². The van der Waals surface area contributed by atoms with Gasteiger partial charge in [-0.25, -0.2) is 9.37 Å². The van der Waals surface area contributed by atoms with Crippen molar-refractivity contribution >= 4 is 17.5 Å². The summed E-state index contributed by atoms with van der Waals surface area (Å²) in [5.74, 6) is 0.789. The molecule has 0 bridgehead atoms. The summed E-state index contributed by atoms with van der Waals surface area (Å²) in [6.07, 6.45) is 1.75. The Hall–Kier alpha value is -3.02. The minimum atomic E-state index is -0.309. The highest BCUT2D eigenvalue weighted by atomic mass is 19.1. The Kier molecular flexibility index (Phi) is 4.42. The van der Waals surface area contributed by atoms with E-state index in [2.05, 4.69) is 25.6 Å². The van der Waals surface area contributed by atoms with Gasteiger partial charge < -0.3 is 10.6 Å². The molecule has 1 aromatic carbocycles. The lowest BCUT2D eigenvalue weighted by Crippen LogP contribution is -2.06. The number of hydrogen-bond acceptors (Lipinski definition) is 5. The van der Waals surface area contributed by atoms with E-state index in [1.807, 2.05) is 31.2 Å². The molecule has 0 aliphatic carbocycles. The number of halogens is 1. The number of aromatic nitrogens is 3. The van der Waals surface area contributed by atoms with Crippen molar-refractivity contribution in [1.29, 1.82) is 0 Å². The Labute approximate surface area is 133 Å². The maximum atomic E-state index is 13.2. The van der Waals surface area contributed by atoms with Gasteiger partial charge in [-0.2, -0.15) is 4.98 Å². The average Bonchev–Trinajstić information content (AvgIpc) is 2.53. The molecule has 0 saturated heterocycles. The Balaban J connectivity index is 1.73. The van der Waals surface area contributed by atoms with Crippen LogP contribution in [0, 0.1) is 12.7 Å². The zero-order valence-electron chi connectivity index (χ0n) is 12.6. The molecule has 2 N–H and O–H groups in total. The summed E-state index contributed by atoms with van der Waals surface area (Å²) in [5.41, 5.74) is 2.33. The van der Waals surface area contributed by atoms with Gasteiger partial charge >= 0.3 is 0 Å². The zero-order chi connectivity index (χ0) is 16.1. The fraction of sp³-hybridized carbons (Fsp3) is 0.118. The van der Waals surface area contributed by atoms with Gasteiger partial charge in [0.05, 0.1) is 12.2 Å². The molecule has 0 unspecified atom stereocenters. The summed E-state index contributed by atoms with van der Waals surface area (Å²) in [6.45, 7) is 2.45. The lowest BCUT2D eigenvalue weighted by Gasteiger charge is -2.10. The number of nitrogens with zero attached hydrogens (tertiary/aromatic N) is 3. The minimum Gasteiger partial charge on any atom is -0.364 e. The minimum absolute atomic E-state index is 0.309. The summed E-state index contributed by atoms with van der Waals surface area (Å²) in [6, 6.07) is 13.8. The highest BCUT2D eigenvalue weighted by Crippen LogP contribution is 2.17. The van der Waals surface area contributed by atoms with E-state index in [1.54, 1.807) is 18.3 Å². The van der Waals surface area contributed by atoms with E-state index in [-0.39, 0.29) is 5.82 Å². The van der Waals surface area contributed by atoms with Gasteiger partial charge in [-0.05, 0) is 37.3 Å². The van der Waals surface area contributed by atoms with Crippen LogP contribution in [0.15, 0.2) is 54.7 Å². The quantitative estimate of drug-likeness (QED) is 0.753. The largest absolute Gasteiger partial charge is 0.364 e. The van der Waals surface area contributed by atoms with Crippen molar-refractivity contribution in [3.63, 3.8) is 0 Å². The molecule has 0 radical (unpaired) electrons. The molecule has 3 rings (SSSR count). The second-order valence-electron chi connectivity index (χ2n) is 5.03. The molecule has 0 spiro atoms. The monoisotopic (exact) mass is 309 g/mol. The molecule has 0 aliphatic rings. The molecule has 5 nitrogen and oxygen atoms in total. The van der Waals surface area contributed by atoms with Gasteiger partial charge in [0, 0.05) is 23.6 Å². The van der Waals surface area contributed by atoms with Gasteiger partial charge in [0.1, 0.15) is 11.6 Å². The highest BCUT2D eigenvalue weighted by molar-refractivity contribution is 5.55. The number of rotatable bonds is 5. The van der Waals surface area contributed by atoms with Crippen LogP contribution in [-0.2, 0) is 6.54 Å². The van der Waals surface area contributed by atoms with Crippen molar-refractivity contribution in [3.8, 4) is 0 Å². The summed E-state index contributed by atoms with van der Waals surface area (Å²) in [7, 11) is 0. The molecule has 2 aromatic heterocycles. The first-order valence-electron chi connectivity index (χ1n) is 7.21. The molecule has 116 valence electrons. The standard InChI is InChI=1S/C17H16FN5/c1-12-9-16(20-11-15-6-2-3-8-19-15)23-17(21-12)22-14-7-4-5-13(18)10-14/h2-10H,11H2,1H3,(H2,20,21,22,23). The normalized spacial score (nSPS) is 10.3. The molecular weight excluding hydrogens is 293 g/mol. The summed E-state index contributed by atoms with van der Waals surface area (Å²) in [5, 5.41) is 6.22. The SMILES string of the molecule is Cc1cc(NCc2ccccn2)nc(Nc2cccc(F)c2)n1. The van der Waals surface area contributed by atoms with E-state index in [4.69, 9.17) is 0 Å². The van der Waals surface area contributed by atoms with Crippen LogP contribution in [0.3, 0.4) is 0 Å². The van der Waals surface area contributed by atoms with Crippen molar-refractivity contribution < 1.29 is 4.39 Å². The van der Waals surface area contributed by atoms with Crippen molar-refractivity contribution in [2.45, 2.75) is 13.5 Å². The Morgan fingerprint density at radius 1 is 1.04 bits per heavy atom. The van der Waals surface area contributed by atoms with E-state index in [9.17, 15) is 4.39 Å². The molecule has 2 heterocycles. The van der Waals surface area contributed by atoms with E-state index in [1.165, 1.54) is 12.1 Å². The maximum absolute atomic E-state index is 13.2. The van der Waals surface area contributed by atoms with Crippen LogP contribution in [0.1, 0.15) is 11.4 Å². The van der Waals surface area contributed by atoms with Crippen LogP contribution < -0.4 is 10.6 Å². The number of pyridine rings is 1. The summed E-state index contributed by atoms with van der Waals surface area (Å²) in [4.78, 5) is 13.0. The van der Waals surface area contributed by atoms with Crippen molar-refractivity contribution in [1.82, 2.24) is 15.0 Å². The van der Waals surface area contributed by atoms with Gasteiger partial charge in [-0.15, -0.1) is 0 Å². The second kappa shape index (κ2) is 6.83. The molecule has 23 heavy (non-hydrogen) atoms. The van der Waals surface area contributed by atoms with Gasteiger partial charge in [0.2, 0.25) is 5.95 Å². The molecule has 0 aliphatic heterocycles. The van der Waals surface area contributed by atoms with E-state index < -0.39 is 0 Å². The first kappa shape index (κ1) is 14.9. The van der Waals surface area contributed by atoms with E-state index in [0.717, 1.165) is 11.4 Å². The van der Waals surface area contributed by atoms with Crippen LogP contribution in [0.5, 0.6) is 0 Å². The van der Waals surface area contributed by atoms with Crippen molar-refractivity contribution in [2.75, 3.05) is 10.6 Å². The molecule has 0 amide bonds. The Morgan fingerprint density at radius 3 is 2.74 bits per heavy atom. The fourth-order valence-electron chi connectivity index (χ4n) is 2.09. The number of hydrogen-bond donors (Lipinski definition) is 2. The number of anilines is 3. The van der Waals surface area contributed by atoms with E-state index >= 15 is 0 Å². The lowest BCUT2D eigenvalue weighted by molar-refractivity contribution is 0.628. The maximum Gasteiger partial charge on any atom is 0.229 e. The van der Waals surface area contributed by atoms with Crippen LogP contribution in [0.25, 0.3) is 0 Å². The number of nitrogens with one attached hydrogen (secondary N) is 2. The van der Waals surface area contributed by atoms with Crippen molar-refractivity contribution in [3.05, 3.63) is 71.9 Å². The van der Waals surface area contributed by atoms with Gasteiger partial charge in [-0.1, -0.05) is 12.1 Å². The summed E-state index contributed by atoms with van der Waals surface area (Å²) >= 11 is 0. The highest BCUT2D eigenvalue weighted by Gasteiger charge is 2.04. The fourth-order valence-corrected chi connectivity index (χ4v) is 2.09. The van der Waals surface area contributed by atoms with Crippen LogP contribution >= 0.6 is 0 Å². The van der Waals surface area contributed by atoms with Crippen LogP contribution in [0.2, 0.25) is 0 Å². The van der Waals surface area contributed by atoms with Gasteiger partial charge in [0.15, 0.2) is 0 Å². The number of benzene rings is 1. The summed E-state index contributed by atoms with van der Waals surface area (Å²) < 4.78 is 13.2. The molecule has 3 aromatic rings. The van der Waals surface area contributed by atoms with Crippen LogP contribution in [-0.4, -0.2) is 15.0 Å². The molecule has 0 fully saturated rings. The predicted molar refractivity (Wildman–Crippen MR) is 88.0 cm³/mol. The molecule has 0 saturated carbocycles. The molecule has 0 atom stereocenters. The number of aryl methyl sites for hydroxylation is 1. The Bertz CT molecular complexity index is 792. The van der Waals surface area contributed by atoms with Gasteiger partial charge in [-0.3, -0.25) is 4.98 Å². The average molecular weight is 309 g/mol. The first-order valence-corrected chi connectivity index (χ1v) is 7.21. The van der Waals surface area contributed by atoms with Crippen LogP contribution in [0.4, 0.5) is 21.8 Å². The lowest BCUT2D eigenvalue weighted by atomic mass is 10.3. The first-order chi connectivity index (χ1) is 11.2. The Morgan fingerprint density at radius 2 is 1.96 bits per heavy atom. The smallest absolute Gasteiger partial charge is 0.229 e.